The zero-order valence-corrected chi connectivity index (χ0v) is 15.2. The van der Waals surface area contributed by atoms with Crippen molar-refractivity contribution in [3.8, 4) is 16.3 Å². The average Bonchev–Trinajstić information content (AvgIpc) is 3.04. The third-order valence-corrected chi connectivity index (χ3v) is 5.04. The van der Waals surface area contributed by atoms with E-state index in [9.17, 15) is 4.79 Å². The fourth-order valence-electron chi connectivity index (χ4n) is 2.23. The summed E-state index contributed by atoms with van der Waals surface area (Å²) in [6, 6.07) is 12.9. The van der Waals surface area contributed by atoms with Gasteiger partial charge in [-0.15, -0.1) is 11.3 Å². The van der Waals surface area contributed by atoms with E-state index < -0.39 is 5.97 Å². The predicted octanol–water partition coefficient (Wildman–Crippen LogP) is 5.32. The van der Waals surface area contributed by atoms with E-state index in [1.54, 1.807) is 17.5 Å². The van der Waals surface area contributed by atoms with Gasteiger partial charge in [0.15, 0.2) is 0 Å². The molecule has 0 aliphatic heterocycles. The number of benzene rings is 2. The normalized spacial score (nSPS) is 10.6. The molecule has 3 rings (SSSR count). The highest BCUT2D eigenvalue weighted by Crippen LogP contribution is 2.33. The summed E-state index contributed by atoms with van der Waals surface area (Å²) in [6.07, 6.45) is -0.0944. The van der Waals surface area contributed by atoms with Crippen LogP contribution in [0.25, 0.3) is 10.6 Å². The molecular formula is C18H13Cl2NO3S. The maximum absolute atomic E-state index is 10.8. The van der Waals surface area contributed by atoms with Gasteiger partial charge in [0.2, 0.25) is 0 Å². The van der Waals surface area contributed by atoms with Gasteiger partial charge in [-0.3, -0.25) is 4.79 Å². The third-order valence-electron chi connectivity index (χ3n) is 3.38. The molecule has 1 aromatic heterocycles. The van der Waals surface area contributed by atoms with Crippen LogP contribution in [0.2, 0.25) is 10.0 Å². The van der Waals surface area contributed by atoms with Gasteiger partial charge >= 0.3 is 5.97 Å². The molecule has 0 unspecified atom stereocenters. The molecule has 2 aromatic carbocycles. The number of para-hydroxylation sites is 1. The van der Waals surface area contributed by atoms with E-state index in [1.165, 1.54) is 11.3 Å². The molecule has 0 spiro atoms. The number of halogens is 2. The number of carbonyl (C=O) groups is 1. The van der Waals surface area contributed by atoms with E-state index in [2.05, 4.69) is 4.98 Å². The minimum absolute atomic E-state index is 0.0944. The number of nitrogens with zero attached hydrogens (tertiary/aromatic N) is 1. The number of aromatic nitrogens is 1. The number of hydrogen-bond donors (Lipinski definition) is 1. The summed E-state index contributed by atoms with van der Waals surface area (Å²) in [5, 5.41) is 12.3. The van der Waals surface area contributed by atoms with Crippen LogP contribution in [0.3, 0.4) is 0 Å². The van der Waals surface area contributed by atoms with Crippen molar-refractivity contribution < 1.29 is 14.6 Å². The van der Waals surface area contributed by atoms with Crippen LogP contribution in [0.1, 0.15) is 11.3 Å². The summed E-state index contributed by atoms with van der Waals surface area (Å²) < 4.78 is 5.91. The van der Waals surface area contributed by atoms with Gasteiger partial charge in [-0.2, -0.15) is 0 Å². The monoisotopic (exact) mass is 393 g/mol. The molecule has 4 nitrogen and oxygen atoms in total. The quantitative estimate of drug-likeness (QED) is 0.615. The average molecular weight is 394 g/mol. The van der Waals surface area contributed by atoms with Gasteiger partial charge in [0.25, 0.3) is 0 Å². The number of carboxylic acids is 1. The zero-order valence-electron chi connectivity index (χ0n) is 12.9. The van der Waals surface area contributed by atoms with Crippen molar-refractivity contribution in [3.05, 3.63) is 69.1 Å². The second kappa shape index (κ2) is 7.87. The molecule has 3 aromatic rings. The summed E-state index contributed by atoms with van der Waals surface area (Å²) in [5.74, 6) is -0.231. The van der Waals surface area contributed by atoms with E-state index in [0.717, 1.165) is 16.1 Å². The Labute approximate surface area is 158 Å². The minimum Gasteiger partial charge on any atom is -0.488 e. The summed E-state index contributed by atoms with van der Waals surface area (Å²) in [4.78, 5) is 15.2. The van der Waals surface area contributed by atoms with Crippen molar-refractivity contribution in [2.24, 2.45) is 0 Å². The predicted molar refractivity (Wildman–Crippen MR) is 99.7 cm³/mol. The van der Waals surface area contributed by atoms with Crippen molar-refractivity contribution >= 4 is 40.5 Å². The van der Waals surface area contributed by atoms with Gasteiger partial charge in [-0.1, -0.05) is 41.4 Å². The van der Waals surface area contributed by atoms with Gasteiger partial charge < -0.3 is 9.84 Å². The first kappa shape index (κ1) is 17.7. The highest BCUT2D eigenvalue weighted by atomic mass is 35.5. The van der Waals surface area contributed by atoms with Gasteiger partial charge in [-0.05, 0) is 29.8 Å². The van der Waals surface area contributed by atoms with Crippen molar-refractivity contribution in [1.82, 2.24) is 4.98 Å². The van der Waals surface area contributed by atoms with Crippen LogP contribution < -0.4 is 4.74 Å². The Morgan fingerprint density at radius 1 is 1.16 bits per heavy atom. The van der Waals surface area contributed by atoms with Crippen LogP contribution in [0.4, 0.5) is 0 Å². The van der Waals surface area contributed by atoms with Crippen LogP contribution in [0.5, 0.6) is 5.75 Å². The Bertz CT molecular complexity index is 911. The van der Waals surface area contributed by atoms with E-state index >= 15 is 0 Å². The number of carboxylic acid groups (broad SMARTS) is 1. The Morgan fingerprint density at radius 3 is 2.72 bits per heavy atom. The maximum Gasteiger partial charge on any atom is 0.309 e. The third kappa shape index (κ3) is 4.51. The fraction of sp³-hybridized carbons (Fsp3) is 0.111. The SMILES string of the molecule is O=C(O)Cc1csc(-c2ccccc2OCc2ccc(Cl)c(Cl)c2)n1. The molecule has 0 bridgehead atoms. The molecule has 1 N–H and O–H groups in total. The first-order valence-corrected chi connectivity index (χ1v) is 8.99. The molecule has 0 fully saturated rings. The molecule has 0 aliphatic rings. The number of hydrogen-bond acceptors (Lipinski definition) is 4. The van der Waals surface area contributed by atoms with Crippen molar-refractivity contribution in [3.63, 3.8) is 0 Å². The topological polar surface area (TPSA) is 59.4 Å². The Hall–Kier alpha value is -2.08. The van der Waals surface area contributed by atoms with E-state index in [4.69, 9.17) is 33.0 Å². The van der Waals surface area contributed by atoms with Crippen LogP contribution in [-0.2, 0) is 17.8 Å². The maximum atomic E-state index is 10.8. The molecule has 0 atom stereocenters. The molecule has 1 heterocycles. The second-order valence-electron chi connectivity index (χ2n) is 5.25. The highest BCUT2D eigenvalue weighted by molar-refractivity contribution is 7.13. The number of aliphatic carboxylic acids is 1. The summed E-state index contributed by atoms with van der Waals surface area (Å²) in [6.45, 7) is 0.335. The van der Waals surface area contributed by atoms with Crippen LogP contribution in [0.15, 0.2) is 47.8 Å². The number of thiazole rings is 1. The van der Waals surface area contributed by atoms with E-state index in [-0.39, 0.29) is 6.42 Å². The largest absolute Gasteiger partial charge is 0.488 e. The van der Waals surface area contributed by atoms with Crippen molar-refractivity contribution in [2.45, 2.75) is 13.0 Å². The molecule has 0 radical (unpaired) electrons. The van der Waals surface area contributed by atoms with E-state index in [0.29, 0.717) is 28.1 Å². The molecular weight excluding hydrogens is 381 g/mol. The van der Waals surface area contributed by atoms with Crippen LogP contribution in [-0.4, -0.2) is 16.1 Å². The lowest BCUT2D eigenvalue weighted by Crippen LogP contribution is -2.00. The number of rotatable bonds is 6. The summed E-state index contributed by atoms with van der Waals surface area (Å²) >= 11 is 13.3. The summed E-state index contributed by atoms with van der Waals surface area (Å²) in [7, 11) is 0. The molecule has 25 heavy (non-hydrogen) atoms. The fourth-order valence-corrected chi connectivity index (χ4v) is 3.40. The van der Waals surface area contributed by atoms with Crippen molar-refractivity contribution in [1.29, 1.82) is 0 Å². The van der Waals surface area contributed by atoms with Crippen LogP contribution >= 0.6 is 34.5 Å². The molecule has 0 saturated heterocycles. The second-order valence-corrected chi connectivity index (χ2v) is 6.92. The zero-order chi connectivity index (χ0) is 17.8. The Kier molecular flexibility index (Phi) is 5.58. The smallest absolute Gasteiger partial charge is 0.309 e. The lowest BCUT2D eigenvalue weighted by molar-refractivity contribution is -0.136. The molecule has 0 amide bonds. The van der Waals surface area contributed by atoms with Gasteiger partial charge in [0.1, 0.15) is 17.4 Å². The van der Waals surface area contributed by atoms with Crippen LogP contribution in [0, 0.1) is 0 Å². The molecule has 7 heteroatoms. The first-order chi connectivity index (χ1) is 12.0. The Morgan fingerprint density at radius 2 is 1.96 bits per heavy atom. The molecule has 128 valence electrons. The Balaban J connectivity index is 1.79. The lowest BCUT2D eigenvalue weighted by atomic mass is 10.2. The first-order valence-electron chi connectivity index (χ1n) is 7.35. The standard InChI is InChI=1S/C18H13Cl2NO3S/c19-14-6-5-11(7-15(14)20)9-24-16-4-2-1-3-13(16)18-21-12(10-25-18)8-17(22)23/h1-7,10H,8-9H2,(H,22,23). The van der Waals surface area contributed by atoms with Gasteiger partial charge in [0.05, 0.1) is 27.7 Å². The lowest BCUT2D eigenvalue weighted by Gasteiger charge is -2.10. The summed E-state index contributed by atoms with van der Waals surface area (Å²) in [5.41, 5.74) is 2.26. The highest BCUT2D eigenvalue weighted by Gasteiger charge is 2.12. The number of ether oxygens (including phenoxy) is 1. The molecule has 0 aliphatic carbocycles. The molecule has 0 saturated carbocycles. The van der Waals surface area contributed by atoms with Gasteiger partial charge in [0, 0.05) is 5.38 Å². The van der Waals surface area contributed by atoms with Gasteiger partial charge in [-0.25, -0.2) is 4.98 Å². The van der Waals surface area contributed by atoms with Crippen molar-refractivity contribution in [2.75, 3.05) is 0 Å². The van der Waals surface area contributed by atoms with E-state index in [1.807, 2.05) is 30.3 Å². The minimum atomic E-state index is -0.902.